The molecule has 0 amide bonds. The van der Waals surface area contributed by atoms with E-state index in [1.54, 1.807) is 0 Å². The number of likely N-dealkylation sites (N-methyl/N-ethyl adjacent to an activating group) is 1. The molecule has 0 radical (unpaired) electrons. The maximum absolute atomic E-state index is 4.02. The van der Waals surface area contributed by atoms with Crippen molar-refractivity contribution < 1.29 is 0 Å². The fourth-order valence-electron chi connectivity index (χ4n) is 2.46. The topological polar surface area (TPSA) is 3.24 Å². The summed E-state index contributed by atoms with van der Waals surface area (Å²) in [5, 5.41) is 0. The third kappa shape index (κ3) is 2.73. The molecule has 1 nitrogen and oxygen atoms in total. The van der Waals surface area contributed by atoms with Gasteiger partial charge in [-0.3, -0.25) is 0 Å². The van der Waals surface area contributed by atoms with E-state index < -0.39 is 0 Å². The van der Waals surface area contributed by atoms with Gasteiger partial charge in [-0.15, -0.1) is 0 Å². The zero-order valence-electron chi connectivity index (χ0n) is 11.5. The lowest BCUT2D eigenvalue weighted by molar-refractivity contribution is 0.385. The first-order valence-corrected chi connectivity index (χ1v) is 6.38. The maximum atomic E-state index is 4.02. The van der Waals surface area contributed by atoms with Gasteiger partial charge < -0.3 is 4.90 Å². The van der Waals surface area contributed by atoms with Crippen LogP contribution in [0.3, 0.4) is 0 Å². The number of nitrogens with zero attached hydrogens (tertiary/aromatic N) is 1. The third-order valence-electron chi connectivity index (χ3n) is 3.25. The highest BCUT2D eigenvalue weighted by atomic mass is 15.1. The van der Waals surface area contributed by atoms with E-state index in [9.17, 15) is 0 Å². The van der Waals surface area contributed by atoms with Crippen LogP contribution in [0.5, 0.6) is 0 Å². The molecule has 0 spiro atoms. The molecule has 1 atom stereocenters. The van der Waals surface area contributed by atoms with Gasteiger partial charge in [0.1, 0.15) is 0 Å². The van der Waals surface area contributed by atoms with E-state index in [1.165, 1.54) is 22.3 Å². The molecule has 0 aliphatic carbocycles. The summed E-state index contributed by atoms with van der Waals surface area (Å²) in [4.78, 5) is 2.27. The van der Waals surface area contributed by atoms with Crippen molar-refractivity contribution in [2.24, 2.45) is 0 Å². The largest absolute Gasteiger partial charge is 0.370 e. The summed E-state index contributed by atoms with van der Waals surface area (Å²) in [6.45, 7) is 8.24. The minimum Gasteiger partial charge on any atom is -0.370 e. The highest BCUT2D eigenvalue weighted by molar-refractivity contribution is 5.38. The summed E-state index contributed by atoms with van der Waals surface area (Å²) in [6.07, 6.45) is 7.62. The van der Waals surface area contributed by atoms with Crippen LogP contribution < -0.4 is 0 Å². The average molecular weight is 239 g/mol. The quantitative estimate of drug-likeness (QED) is 0.713. The zero-order valence-corrected chi connectivity index (χ0v) is 11.5. The molecule has 1 heterocycles. The monoisotopic (exact) mass is 239 g/mol. The Hall–Kier alpha value is -1.76. The van der Waals surface area contributed by atoms with Gasteiger partial charge in [0.2, 0.25) is 0 Å². The summed E-state index contributed by atoms with van der Waals surface area (Å²) < 4.78 is 0. The molecular weight excluding hydrogens is 218 g/mol. The van der Waals surface area contributed by atoms with Gasteiger partial charge in [0, 0.05) is 13.2 Å². The van der Waals surface area contributed by atoms with Crippen LogP contribution >= 0.6 is 0 Å². The normalized spacial score (nSPS) is 18.7. The number of benzene rings is 1. The number of rotatable bonds is 3. The summed E-state index contributed by atoms with van der Waals surface area (Å²) >= 11 is 0. The van der Waals surface area contributed by atoms with Crippen LogP contribution in [0.25, 0.3) is 0 Å². The third-order valence-corrected chi connectivity index (χ3v) is 3.25. The smallest absolute Gasteiger partial charge is 0.0723 e. The van der Waals surface area contributed by atoms with Crippen molar-refractivity contribution in [1.29, 1.82) is 0 Å². The Balaban J connectivity index is 2.34. The van der Waals surface area contributed by atoms with Crippen LogP contribution in [-0.4, -0.2) is 11.9 Å². The van der Waals surface area contributed by atoms with E-state index in [0.717, 1.165) is 6.42 Å². The van der Waals surface area contributed by atoms with Crippen LogP contribution in [0.1, 0.15) is 31.0 Å². The van der Waals surface area contributed by atoms with Crippen molar-refractivity contribution >= 4 is 0 Å². The summed E-state index contributed by atoms with van der Waals surface area (Å²) in [5.74, 6) is 0. The second-order valence-corrected chi connectivity index (χ2v) is 5.18. The molecule has 2 rings (SSSR count). The molecule has 0 N–H and O–H groups in total. The summed E-state index contributed by atoms with van der Waals surface area (Å²) in [5.41, 5.74) is 5.25. The number of hydrogen-bond acceptors (Lipinski definition) is 1. The Labute approximate surface area is 110 Å². The molecule has 1 aromatic rings. The summed E-state index contributed by atoms with van der Waals surface area (Å²) in [7, 11) is 2.13. The van der Waals surface area contributed by atoms with E-state index in [0.29, 0.717) is 6.04 Å². The second-order valence-electron chi connectivity index (χ2n) is 5.18. The van der Waals surface area contributed by atoms with Gasteiger partial charge in [-0.25, -0.2) is 0 Å². The molecule has 0 fully saturated rings. The minimum absolute atomic E-state index is 0.337. The molecule has 0 saturated carbocycles. The van der Waals surface area contributed by atoms with E-state index in [2.05, 4.69) is 75.0 Å². The standard InChI is InChI=1S/C17H21N/c1-13(2)11-15-7-5-6-8-16(15)17-10-9-14(3)12-18(17)4/h5-10,12,17H,1,11H2,2-4H3. The SMILES string of the molecule is C=C(C)Cc1ccccc1C1C=CC(C)=CN1C. The van der Waals surface area contributed by atoms with Gasteiger partial charge in [0.05, 0.1) is 6.04 Å². The van der Waals surface area contributed by atoms with Crippen LogP contribution in [0.2, 0.25) is 0 Å². The molecule has 94 valence electrons. The molecule has 1 aliphatic rings. The van der Waals surface area contributed by atoms with Crippen molar-refractivity contribution in [2.45, 2.75) is 26.3 Å². The molecule has 0 saturated heterocycles. The zero-order chi connectivity index (χ0) is 13.1. The van der Waals surface area contributed by atoms with Crippen LogP contribution in [-0.2, 0) is 6.42 Å². The first-order valence-electron chi connectivity index (χ1n) is 6.38. The Kier molecular flexibility index (Phi) is 3.71. The second kappa shape index (κ2) is 5.26. The van der Waals surface area contributed by atoms with Crippen molar-refractivity contribution in [2.75, 3.05) is 7.05 Å². The van der Waals surface area contributed by atoms with Crippen molar-refractivity contribution in [3.05, 3.63) is 71.5 Å². The van der Waals surface area contributed by atoms with Gasteiger partial charge in [0.15, 0.2) is 0 Å². The van der Waals surface area contributed by atoms with Crippen molar-refractivity contribution in [3.8, 4) is 0 Å². The molecule has 18 heavy (non-hydrogen) atoms. The first kappa shape index (κ1) is 12.7. The maximum Gasteiger partial charge on any atom is 0.0723 e. The van der Waals surface area contributed by atoms with Crippen molar-refractivity contribution in [3.63, 3.8) is 0 Å². The van der Waals surface area contributed by atoms with Crippen LogP contribution in [0.4, 0.5) is 0 Å². The van der Waals surface area contributed by atoms with Gasteiger partial charge >= 0.3 is 0 Å². The van der Waals surface area contributed by atoms with Gasteiger partial charge in [-0.2, -0.15) is 0 Å². The van der Waals surface area contributed by atoms with Gasteiger partial charge in [-0.05, 0) is 37.0 Å². The fraction of sp³-hybridized carbons (Fsp3) is 0.294. The molecule has 1 aliphatic heterocycles. The van der Waals surface area contributed by atoms with E-state index in [4.69, 9.17) is 0 Å². The first-order chi connectivity index (χ1) is 8.58. The Morgan fingerprint density at radius 3 is 2.72 bits per heavy atom. The Morgan fingerprint density at radius 2 is 2.06 bits per heavy atom. The summed E-state index contributed by atoms with van der Waals surface area (Å²) in [6, 6.07) is 8.98. The lowest BCUT2D eigenvalue weighted by atomic mass is 9.93. The highest BCUT2D eigenvalue weighted by Gasteiger charge is 2.17. The van der Waals surface area contributed by atoms with Gasteiger partial charge in [0.25, 0.3) is 0 Å². The molecule has 0 bridgehead atoms. The lowest BCUT2D eigenvalue weighted by Gasteiger charge is -2.29. The average Bonchev–Trinajstić information content (AvgIpc) is 2.30. The van der Waals surface area contributed by atoms with E-state index >= 15 is 0 Å². The van der Waals surface area contributed by atoms with Crippen molar-refractivity contribution in [1.82, 2.24) is 4.90 Å². The van der Waals surface area contributed by atoms with Gasteiger partial charge in [-0.1, -0.05) is 48.6 Å². The minimum atomic E-state index is 0.337. The molecule has 0 aromatic heterocycles. The van der Waals surface area contributed by atoms with Crippen LogP contribution in [0.15, 0.2) is 60.3 Å². The fourth-order valence-corrected chi connectivity index (χ4v) is 2.46. The Bertz CT molecular complexity index is 508. The Morgan fingerprint density at radius 1 is 1.33 bits per heavy atom. The van der Waals surface area contributed by atoms with E-state index in [-0.39, 0.29) is 0 Å². The predicted molar refractivity (Wildman–Crippen MR) is 78.4 cm³/mol. The van der Waals surface area contributed by atoms with Crippen LogP contribution in [0, 0.1) is 0 Å². The highest BCUT2D eigenvalue weighted by Crippen LogP contribution is 2.29. The molecule has 1 unspecified atom stereocenters. The molecule has 1 heteroatoms. The van der Waals surface area contributed by atoms with E-state index in [1.807, 2.05) is 0 Å². The lowest BCUT2D eigenvalue weighted by Crippen LogP contribution is -2.21. The molecular formula is C17H21N. The predicted octanol–water partition coefficient (Wildman–Crippen LogP) is 4.25. The molecule has 1 aromatic carbocycles. The number of allylic oxidation sites excluding steroid dienone is 3. The number of hydrogen-bond donors (Lipinski definition) is 0.